The van der Waals surface area contributed by atoms with Gasteiger partial charge in [0.15, 0.2) is 9.84 Å². The molecule has 0 amide bonds. The number of nitrogens with one attached hydrogen (secondary N) is 1. The highest BCUT2D eigenvalue weighted by Crippen LogP contribution is 2.38. The average molecular weight is 444 g/mol. The molecule has 1 aromatic carbocycles. The van der Waals surface area contributed by atoms with Crippen LogP contribution in [0.25, 0.3) is 11.4 Å². The normalized spacial score (nSPS) is 17.9. The smallest absolute Gasteiger partial charge is 0.176 e. The van der Waals surface area contributed by atoms with Crippen LogP contribution in [0.2, 0.25) is 5.02 Å². The van der Waals surface area contributed by atoms with E-state index >= 15 is 0 Å². The topological polar surface area (TPSA) is 92.8 Å². The zero-order valence-corrected chi connectivity index (χ0v) is 18.1. The number of aromatic amines is 1. The summed E-state index contributed by atoms with van der Waals surface area (Å²) in [6, 6.07) is 9.06. The van der Waals surface area contributed by atoms with Crippen molar-refractivity contribution in [2.45, 2.75) is 36.5 Å². The predicted octanol–water partition coefficient (Wildman–Crippen LogP) is 4.42. The number of ketones is 1. The van der Waals surface area contributed by atoms with Crippen molar-refractivity contribution in [1.82, 2.24) is 15.0 Å². The molecule has 2 atom stereocenters. The Kier molecular flexibility index (Phi) is 5.75. The van der Waals surface area contributed by atoms with Gasteiger partial charge in [-0.1, -0.05) is 17.7 Å². The third-order valence-corrected chi connectivity index (χ3v) is 7.18. The summed E-state index contributed by atoms with van der Waals surface area (Å²) in [7, 11) is -3.40. The minimum absolute atomic E-state index is 0.0440. The predicted molar refractivity (Wildman–Crippen MR) is 115 cm³/mol. The number of hydrogen-bond donors (Lipinski definition) is 1. The van der Waals surface area contributed by atoms with E-state index in [0.29, 0.717) is 24.5 Å². The Morgan fingerprint density at radius 2 is 2.07 bits per heavy atom. The highest BCUT2D eigenvalue weighted by molar-refractivity contribution is 7.90. The van der Waals surface area contributed by atoms with Crippen molar-refractivity contribution < 1.29 is 13.2 Å². The number of H-pyrrole nitrogens is 1. The zero-order chi connectivity index (χ0) is 21.3. The van der Waals surface area contributed by atoms with Gasteiger partial charge in [0.05, 0.1) is 21.8 Å². The molecule has 2 aromatic heterocycles. The Hall–Kier alpha value is -2.51. The SMILES string of the molecule is CS(=O)(=O)c1ccc(C(C[C@H]2CCC(=O)C2)c2ccc(-c3cnccn3)[nH]2)cc1Cl. The van der Waals surface area contributed by atoms with Gasteiger partial charge in [0.25, 0.3) is 0 Å². The minimum Gasteiger partial charge on any atom is -0.357 e. The first-order valence-corrected chi connectivity index (χ1v) is 12.0. The molecule has 0 saturated heterocycles. The van der Waals surface area contributed by atoms with Crippen LogP contribution in [0, 0.1) is 5.92 Å². The van der Waals surface area contributed by atoms with Crippen molar-refractivity contribution in [3.8, 4) is 11.4 Å². The lowest BCUT2D eigenvalue weighted by Crippen LogP contribution is -2.09. The van der Waals surface area contributed by atoms with Crippen LogP contribution in [0.4, 0.5) is 0 Å². The molecule has 156 valence electrons. The summed E-state index contributed by atoms with van der Waals surface area (Å²) in [6.07, 6.45) is 8.97. The lowest BCUT2D eigenvalue weighted by Gasteiger charge is -2.21. The first kappa shape index (κ1) is 20.8. The molecule has 1 saturated carbocycles. The maximum absolute atomic E-state index is 11.9. The van der Waals surface area contributed by atoms with Gasteiger partial charge in [-0.2, -0.15) is 0 Å². The van der Waals surface area contributed by atoms with Crippen molar-refractivity contribution in [2.24, 2.45) is 5.92 Å². The number of hydrogen-bond acceptors (Lipinski definition) is 5. The van der Waals surface area contributed by atoms with Crippen LogP contribution >= 0.6 is 11.6 Å². The van der Waals surface area contributed by atoms with E-state index in [-0.39, 0.29) is 15.8 Å². The second-order valence-electron chi connectivity index (χ2n) is 7.82. The monoisotopic (exact) mass is 443 g/mol. The molecule has 1 N–H and O–H groups in total. The summed E-state index contributed by atoms with van der Waals surface area (Å²) >= 11 is 6.32. The van der Waals surface area contributed by atoms with Gasteiger partial charge in [0.2, 0.25) is 0 Å². The highest BCUT2D eigenvalue weighted by atomic mass is 35.5. The number of benzene rings is 1. The van der Waals surface area contributed by atoms with Crippen LogP contribution in [0.5, 0.6) is 0 Å². The molecule has 1 fully saturated rings. The van der Waals surface area contributed by atoms with Crippen LogP contribution in [0.1, 0.15) is 42.9 Å². The Balaban J connectivity index is 1.71. The Morgan fingerprint density at radius 3 is 2.70 bits per heavy atom. The molecule has 1 aliphatic carbocycles. The van der Waals surface area contributed by atoms with Gasteiger partial charge in [0, 0.05) is 43.1 Å². The van der Waals surface area contributed by atoms with E-state index in [9.17, 15) is 13.2 Å². The number of carbonyl (C=O) groups excluding carboxylic acids is 1. The number of sulfone groups is 1. The number of aromatic nitrogens is 3. The lowest BCUT2D eigenvalue weighted by molar-refractivity contribution is -0.117. The summed E-state index contributed by atoms with van der Waals surface area (Å²) in [6.45, 7) is 0. The summed E-state index contributed by atoms with van der Waals surface area (Å²) < 4.78 is 23.9. The van der Waals surface area contributed by atoms with Crippen molar-refractivity contribution in [3.05, 3.63) is 65.2 Å². The van der Waals surface area contributed by atoms with Crippen LogP contribution in [-0.4, -0.2) is 35.4 Å². The minimum atomic E-state index is -3.40. The average Bonchev–Trinajstić information content (AvgIpc) is 3.35. The third-order valence-electron chi connectivity index (χ3n) is 5.60. The number of nitrogens with zero attached hydrogens (tertiary/aromatic N) is 2. The summed E-state index contributed by atoms with van der Waals surface area (Å²) in [5, 5.41) is 0.211. The molecule has 0 spiro atoms. The van der Waals surface area contributed by atoms with E-state index in [1.165, 1.54) is 0 Å². The van der Waals surface area contributed by atoms with Crippen LogP contribution in [0.15, 0.2) is 53.8 Å². The van der Waals surface area contributed by atoms with Crippen molar-refractivity contribution in [3.63, 3.8) is 0 Å². The molecule has 4 rings (SSSR count). The third kappa shape index (κ3) is 4.47. The number of halogens is 1. The molecule has 3 aromatic rings. The standard InChI is InChI=1S/C22H22ClN3O3S/c1-30(28,29)22-7-3-15(12-18(22)23)17(11-14-2-4-16(27)10-14)19-5-6-20(26-19)21-13-24-8-9-25-21/h3,5-9,12-14,17,26H,2,4,10-11H2,1H3/t14-,17?/m0/s1. The fraction of sp³-hybridized carbons (Fsp3) is 0.318. The van der Waals surface area contributed by atoms with Crippen molar-refractivity contribution >= 4 is 27.2 Å². The number of carbonyl (C=O) groups is 1. The molecular weight excluding hydrogens is 422 g/mol. The van der Waals surface area contributed by atoms with Crippen molar-refractivity contribution in [2.75, 3.05) is 6.26 Å². The van der Waals surface area contributed by atoms with Gasteiger partial charge in [-0.25, -0.2) is 8.42 Å². The molecule has 6 nitrogen and oxygen atoms in total. The fourth-order valence-electron chi connectivity index (χ4n) is 4.11. The summed E-state index contributed by atoms with van der Waals surface area (Å²) in [5.74, 6) is 0.549. The van der Waals surface area contributed by atoms with Gasteiger partial charge < -0.3 is 4.98 Å². The Bertz CT molecular complexity index is 1180. The first-order chi connectivity index (χ1) is 14.3. The van der Waals surface area contributed by atoms with Gasteiger partial charge in [-0.05, 0) is 48.6 Å². The second-order valence-corrected chi connectivity index (χ2v) is 10.2. The maximum Gasteiger partial charge on any atom is 0.176 e. The van der Waals surface area contributed by atoms with Crippen LogP contribution in [-0.2, 0) is 14.6 Å². The largest absolute Gasteiger partial charge is 0.357 e. The number of rotatable bonds is 6. The quantitative estimate of drug-likeness (QED) is 0.608. The van der Waals surface area contributed by atoms with E-state index in [2.05, 4.69) is 15.0 Å². The van der Waals surface area contributed by atoms with Crippen molar-refractivity contribution in [1.29, 1.82) is 0 Å². The second kappa shape index (κ2) is 8.32. The molecule has 1 aliphatic rings. The first-order valence-electron chi connectivity index (χ1n) is 9.78. The molecular formula is C22H22ClN3O3S. The zero-order valence-electron chi connectivity index (χ0n) is 16.5. The van der Waals surface area contributed by atoms with E-state index in [4.69, 9.17) is 11.6 Å². The van der Waals surface area contributed by atoms with Crippen LogP contribution < -0.4 is 0 Å². The van der Waals surface area contributed by atoms with Gasteiger partial charge in [0.1, 0.15) is 11.5 Å². The summed E-state index contributed by atoms with van der Waals surface area (Å²) in [4.78, 5) is 23.8. The molecule has 30 heavy (non-hydrogen) atoms. The van der Waals surface area contributed by atoms with E-state index < -0.39 is 9.84 Å². The molecule has 0 aliphatic heterocycles. The maximum atomic E-state index is 11.9. The lowest BCUT2D eigenvalue weighted by atomic mass is 9.86. The Morgan fingerprint density at radius 1 is 1.23 bits per heavy atom. The molecule has 2 heterocycles. The highest BCUT2D eigenvalue weighted by Gasteiger charge is 2.28. The molecule has 8 heteroatoms. The summed E-state index contributed by atoms with van der Waals surface area (Å²) in [5.41, 5.74) is 3.48. The fourth-order valence-corrected chi connectivity index (χ4v) is 5.44. The molecule has 0 bridgehead atoms. The number of Topliss-reactive ketones (excluding diaryl/α,β-unsaturated/α-hetero) is 1. The van der Waals surface area contributed by atoms with E-state index in [0.717, 1.165) is 41.7 Å². The van der Waals surface area contributed by atoms with E-state index in [1.807, 2.05) is 18.2 Å². The van der Waals surface area contributed by atoms with Gasteiger partial charge in [-0.3, -0.25) is 14.8 Å². The van der Waals surface area contributed by atoms with Gasteiger partial charge in [-0.15, -0.1) is 0 Å². The Labute approximate surface area is 180 Å². The van der Waals surface area contributed by atoms with E-state index in [1.54, 1.807) is 30.7 Å². The molecule has 0 radical (unpaired) electrons. The van der Waals surface area contributed by atoms with Gasteiger partial charge >= 0.3 is 0 Å². The molecule has 1 unspecified atom stereocenters. The van der Waals surface area contributed by atoms with Crippen LogP contribution in [0.3, 0.4) is 0 Å².